The van der Waals surface area contributed by atoms with E-state index in [0.29, 0.717) is 18.9 Å². The Morgan fingerprint density at radius 2 is 1.72 bits per heavy atom. The van der Waals surface area contributed by atoms with Crippen LogP contribution in [0, 0.1) is 5.92 Å². The summed E-state index contributed by atoms with van der Waals surface area (Å²) in [6, 6.07) is -0.176. The molecule has 18 heavy (non-hydrogen) atoms. The van der Waals surface area contributed by atoms with Crippen molar-refractivity contribution in [1.82, 2.24) is 10.6 Å². The summed E-state index contributed by atoms with van der Waals surface area (Å²) in [7, 11) is 0. The van der Waals surface area contributed by atoms with Gasteiger partial charge in [-0.2, -0.15) is 0 Å². The van der Waals surface area contributed by atoms with Crippen molar-refractivity contribution in [1.29, 1.82) is 0 Å². The lowest BCUT2D eigenvalue weighted by Crippen LogP contribution is -2.38. The Labute approximate surface area is 108 Å². The van der Waals surface area contributed by atoms with Gasteiger partial charge in [-0.15, -0.1) is 0 Å². The van der Waals surface area contributed by atoms with Gasteiger partial charge in [0.1, 0.15) is 0 Å². The molecule has 0 atom stereocenters. The van der Waals surface area contributed by atoms with Gasteiger partial charge in [-0.3, -0.25) is 4.79 Å². The van der Waals surface area contributed by atoms with Crippen molar-refractivity contribution in [2.45, 2.75) is 51.4 Å². The van der Waals surface area contributed by atoms with Crippen LogP contribution in [0.5, 0.6) is 0 Å². The first-order valence-electron chi connectivity index (χ1n) is 6.92. The van der Waals surface area contributed by atoms with Gasteiger partial charge in [-0.05, 0) is 25.2 Å². The Balaban J connectivity index is 2.03. The van der Waals surface area contributed by atoms with Crippen molar-refractivity contribution in [2.24, 2.45) is 5.92 Å². The molecule has 0 aromatic rings. The van der Waals surface area contributed by atoms with E-state index in [1.54, 1.807) is 0 Å². The lowest BCUT2D eigenvalue weighted by molar-refractivity contribution is -0.137. The largest absolute Gasteiger partial charge is 0.481 e. The van der Waals surface area contributed by atoms with Crippen molar-refractivity contribution in [3.8, 4) is 0 Å². The Hall–Kier alpha value is -1.26. The van der Waals surface area contributed by atoms with Gasteiger partial charge in [0.25, 0.3) is 0 Å². The standard InChI is InChI=1S/C13H24N2O3/c16-12(17)8-5-9-14-13(18)15-10-11-6-3-1-2-4-7-11/h11H,1-10H2,(H,16,17)(H2,14,15,18). The van der Waals surface area contributed by atoms with E-state index < -0.39 is 5.97 Å². The molecule has 1 saturated carbocycles. The van der Waals surface area contributed by atoms with E-state index in [-0.39, 0.29) is 12.5 Å². The van der Waals surface area contributed by atoms with Crippen molar-refractivity contribution >= 4 is 12.0 Å². The fraction of sp³-hybridized carbons (Fsp3) is 0.846. The van der Waals surface area contributed by atoms with E-state index >= 15 is 0 Å². The summed E-state index contributed by atoms with van der Waals surface area (Å²) in [6.07, 6.45) is 8.17. The highest BCUT2D eigenvalue weighted by Gasteiger charge is 2.12. The first kappa shape index (κ1) is 14.8. The second kappa shape index (κ2) is 8.78. The number of urea groups is 1. The number of carboxylic acid groups (broad SMARTS) is 1. The van der Waals surface area contributed by atoms with Gasteiger partial charge in [-0.1, -0.05) is 25.7 Å². The fourth-order valence-electron chi connectivity index (χ4n) is 2.31. The predicted octanol–water partition coefficient (Wildman–Crippen LogP) is 2.12. The van der Waals surface area contributed by atoms with Crippen molar-refractivity contribution in [3.63, 3.8) is 0 Å². The minimum atomic E-state index is -0.823. The average molecular weight is 256 g/mol. The second-order valence-electron chi connectivity index (χ2n) is 4.99. The molecule has 5 heteroatoms. The number of amides is 2. The Morgan fingerprint density at radius 1 is 1.06 bits per heavy atom. The van der Waals surface area contributed by atoms with Gasteiger partial charge in [0.15, 0.2) is 0 Å². The van der Waals surface area contributed by atoms with Crippen LogP contribution in [0.3, 0.4) is 0 Å². The molecule has 0 radical (unpaired) electrons. The average Bonchev–Trinajstić information content (AvgIpc) is 2.60. The maximum atomic E-state index is 11.4. The number of aliphatic carboxylic acids is 1. The maximum Gasteiger partial charge on any atom is 0.314 e. The highest BCUT2D eigenvalue weighted by atomic mass is 16.4. The Morgan fingerprint density at radius 3 is 2.33 bits per heavy atom. The molecule has 0 aliphatic heterocycles. The zero-order chi connectivity index (χ0) is 13.2. The van der Waals surface area contributed by atoms with Crippen LogP contribution in [0.1, 0.15) is 51.4 Å². The number of rotatable bonds is 6. The zero-order valence-electron chi connectivity index (χ0n) is 10.9. The second-order valence-corrected chi connectivity index (χ2v) is 4.99. The predicted molar refractivity (Wildman–Crippen MR) is 69.5 cm³/mol. The van der Waals surface area contributed by atoms with Crippen LogP contribution in [0.4, 0.5) is 4.79 Å². The summed E-state index contributed by atoms with van der Waals surface area (Å²) in [5, 5.41) is 14.0. The molecule has 3 N–H and O–H groups in total. The van der Waals surface area contributed by atoms with Gasteiger partial charge in [-0.25, -0.2) is 4.79 Å². The van der Waals surface area contributed by atoms with Crippen LogP contribution in [0.15, 0.2) is 0 Å². The van der Waals surface area contributed by atoms with Crippen LogP contribution in [0.25, 0.3) is 0 Å². The number of carbonyl (C=O) groups excluding carboxylic acids is 1. The van der Waals surface area contributed by atoms with Crippen LogP contribution in [-0.4, -0.2) is 30.2 Å². The molecule has 1 aliphatic carbocycles. The lowest BCUT2D eigenvalue weighted by atomic mass is 10.0. The van der Waals surface area contributed by atoms with Crippen LogP contribution < -0.4 is 10.6 Å². The molecular formula is C13H24N2O3. The summed E-state index contributed by atoms with van der Waals surface area (Å²) in [4.78, 5) is 21.7. The molecular weight excluding hydrogens is 232 g/mol. The van der Waals surface area contributed by atoms with Crippen molar-refractivity contribution in [3.05, 3.63) is 0 Å². The third kappa shape index (κ3) is 7.14. The van der Waals surface area contributed by atoms with Gasteiger partial charge < -0.3 is 15.7 Å². The van der Waals surface area contributed by atoms with Crippen molar-refractivity contribution < 1.29 is 14.7 Å². The Bertz CT molecular complexity index is 261. The smallest absolute Gasteiger partial charge is 0.314 e. The molecule has 104 valence electrons. The minimum absolute atomic E-state index is 0.100. The van der Waals surface area contributed by atoms with Crippen LogP contribution >= 0.6 is 0 Å². The summed E-state index contributed by atoms with van der Waals surface area (Å²) in [5.74, 6) is -0.215. The Kier molecular flexibility index (Phi) is 7.22. The summed E-state index contributed by atoms with van der Waals surface area (Å²) in [5.41, 5.74) is 0. The van der Waals surface area contributed by atoms with E-state index in [1.165, 1.54) is 38.5 Å². The number of nitrogens with one attached hydrogen (secondary N) is 2. The molecule has 0 aromatic carbocycles. The van der Waals surface area contributed by atoms with E-state index in [2.05, 4.69) is 10.6 Å². The number of hydrogen-bond donors (Lipinski definition) is 3. The van der Waals surface area contributed by atoms with Gasteiger partial charge >= 0.3 is 12.0 Å². The van der Waals surface area contributed by atoms with Gasteiger partial charge in [0, 0.05) is 19.5 Å². The molecule has 1 rings (SSSR count). The number of hydrogen-bond acceptors (Lipinski definition) is 2. The summed E-state index contributed by atoms with van der Waals surface area (Å²) < 4.78 is 0. The molecule has 0 spiro atoms. The minimum Gasteiger partial charge on any atom is -0.481 e. The quantitative estimate of drug-likeness (QED) is 0.503. The van der Waals surface area contributed by atoms with Crippen LogP contribution in [0.2, 0.25) is 0 Å². The molecule has 0 unspecified atom stereocenters. The molecule has 1 aliphatic rings. The molecule has 0 aromatic heterocycles. The SMILES string of the molecule is O=C(O)CCCNC(=O)NCC1CCCCCC1. The van der Waals surface area contributed by atoms with E-state index in [0.717, 1.165) is 6.54 Å². The molecule has 1 fully saturated rings. The molecule has 0 saturated heterocycles. The van der Waals surface area contributed by atoms with Gasteiger partial charge in [0.05, 0.1) is 0 Å². The van der Waals surface area contributed by atoms with E-state index in [1.807, 2.05) is 0 Å². The lowest BCUT2D eigenvalue weighted by Gasteiger charge is -2.15. The number of carbonyl (C=O) groups is 2. The topological polar surface area (TPSA) is 78.4 Å². The first-order chi connectivity index (χ1) is 8.68. The fourth-order valence-corrected chi connectivity index (χ4v) is 2.31. The van der Waals surface area contributed by atoms with E-state index in [4.69, 9.17) is 5.11 Å². The van der Waals surface area contributed by atoms with Crippen molar-refractivity contribution in [2.75, 3.05) is 13.1 Å². The van der Waals surface area contributed by atoms with Crippen LogP contribution in [-0.2, 0) is 4.79 Å². The van der Waals surface area contributed by atoms with E-state index in [9.17, 15) is 9.59 Å². The molecule has 0 bridgehead atoms. The maximum absolute atomic E-state index is 11.4. The molecule has 5 nitrogen and oxygen atoms in total. The third-order valence-corrected chi connectivity index (χ3v) is 3.38. The third-order valence-electron chi connectivity index (χ3n) is 3.38. The normalized spacial score (nSPS) is 16.9. The van der Waals surface area contributed by atoms with Gasteiger partial charge in [0.2, 0.25) is 0 Å². The molecule has 2 amide bonds. The first-order valence-corrected chi connectivity index (χ1v) is 6.92. The summed E-state index contributed by atoms with van der Waals surface area (Å²) in [6.45, 7) is 1.16. The zero-order valence-corrected chi connectivity index (χ0v) is 10.9. The highest BCUT2D eigenvalue weighted by molar-refractivity contribution is 5.73. The number of carboxylic acids is 1. The monoisotopic (exact) mass is 256 g/mol. The highest BCUT2D eigenvalue weighted by Crippen LogP contribution is 2.21. The molecule has 0 heterocycles. The summed E-state index contributed by atoms with van der Waals surface area (Å²) >= 11 is 0.